The van der Waals surface area contributed by atoms with Crippen LogP contribution in [0.5, 0.6) is 0 Å². The molecule has 2 aromatic rings. The zero-order valence-corrected chi connectivity index (χ0v) is 26.3. The number of carbonyl (C=O) groups excluding carboxylic acids is 5. The molecule has 9 nitrogen and oxygen atoms in total. The van der Waals surface area contributed by atoms with Crippen LogP contribution in [-0.2, 0) is 35.1 Å². The van der Waals surface area contributed by atoms with Crippen LogP contribution in [0.15, 0.2) is 66.9 Å². The van der Waals surface area contributed by atoms with Crippen molar-refractivity contribution in [2.45, 2.75) is 91.3 Å². The van der Waals surface area contributed by atoms with Crippen LogP contribution in [-0.4, -0.2) is 62.6 Å². The summed E-state index contributed by atoms with van der Waals surface area (Å²) in [6.07, 6.45) is 5.57. The van der Waals surface area contributed by atoms with Crippen molar-refractivity contribution < 1.29 is 28.7 Å². The molecule has 0 bridgehead atoms. The highest BCUT2D eigenvalue weighted by Gasteiger charge is 2.48. The number of esters is 1. The number of ether oxygens (including phenoxy) is 1. The molecule has 1 fully saturated rings. The number of hydrogen-bond donors (Lipinski definition) is 0. The quantitative estimate of drug-likeness (QED) is 0.275. The number of amides is 3. The van der Waals surface area contributed by atoms with E-state index in [4.69, 9.17) is 4.74 Å². The molecule has 44 heavy (non-hydrogen) atoms. The first-order valence-corrected chi connectivity index (χ1v) is 15.5. The van der Waals surface area contributed by atoms with Gasteiger partial charge in [-0.15, -0.1) is 0 Å². The van der Waals surface area contributed by atoms with Crippen LogP contribution in [0.1, 0.15) is 77.8 Å². The third-order valence-electron chi connectivity index (χ3n) is 8.11. The van der Waals surface area contributed by atoms with Crippen LogP contribution in [0.4, 0.5) is 0 Å². The van der Waals surface area contributed by atoms with Gasteiger partial charge < -0.3 is 9.64 Å². The van der Waals surface area contributed by atoms with Gasteiger partial charge in [-0.05, 0) is 38.2 Å². The lowest BCUT2D eigenvalue weighted by Gasteiger charge is -2.47. The Hall–Kier alpha value is -4.27. The summed E-state index contributed by atoms with van der Waals surface area (Å²) in [7, 11) is 0. The fourth-order valence-corrected chi connectivity index (χ4v) is 6.06. The summed E-state index contributed by atoms with van der Waals surface area (Å²) < 4.78 is 5.26. The molecule has 2 aromatic carbocycles. The average Bonchev–Trinajstić information content (AvgIpc) is 3.01. The maximum absolute atomic E-state index is 14.7. The summed E-state index contributed by atoms with van der Waals surface area (Å²) in [5, 5.41) is 2.29. The van der Waals surface area contributed by atoms with E-state index in [1.807, 2.05) is 26.0 Å². The van der Waals surface area contributed by atoms with Crippen molar-refractivity contribution in [3.8, 4) is 0 Å². The molecule has 0 spiro atoms. The first-order chi connectivity index (χ1) is 21.0. The highest BCUT2D eigenvalue weighted by atomic mass is 16.5. The molecule has 9 heteroatoms. The molecule has 4 rings (SSSR count). The van der Waals surface area contributed by atoms with Crippen molar-refractivity contribution in [3.63, 3.8) is 0 Å². The summed E-state index contributed by atoms with van der Waals surface area (Å²) in [6.45, 7) is 8.24. The highest BCUT2D eigenvalue weighted by molar-refractivity contribution is 6.36. The van der Waals surface area contributed by atoms with Gasteiger partial charge in [-0.25, -0.2) is 14.8 Å². The Labute approximate surface area is 259 Å². The zero-order valence-electron chi connectivity index (χ0n) is 26.3. The molecule has 2 atom stereocenters. The van der Waals surface area contributed by atoms with Crippen LogP contribution < -0.4 is 0 Å². The van der Waals surface area contributed by atoms with Gasteiger partial charge in [-0.2, -0.15) is 0 Å². The molecular formula is C35H43N3O6. The standard InChI is InChI=1S/C35H43N3O6/c1-23(2)31-34(42)38(30(27-17-11-7-12-18-27)22-36(31)33(41)28-19-13-8-14-20-28)37(25(5)39)29(21-26-15-9-6-10-16-26)32(40)35(43)44-24(3)4/h6-7,9-12,15-18,22-24,28-29,31H,8,13-14,19-21H2,1-5H3/t29-,31?/m0/s1. The van der Waals surface area contributed by atoms with Crippen LogP contribution in [0, 0.1) is 11.8 Å². The van der Waals surface area contributed by atoms with Crippen molar-refractivity contribution in [2.24, 2.45) is 11.8 Å². The molecule has 1 saturated carbocycles. The molecule has 0 radical (unpaired) electrons. The smallest absolute Gasteiger partial charge is 0.377 e. The lowest BCUT2D eigenvalue weighted by Crippen LogP contribution is -2.64. The maximum atomic E-state index is 14.7. The van der Waals surface area contributed by atoms with Crippen LogP contribution >= 0.6 is 0 Å². The van der Waals surface area contributed by atoms with E-state index >= 15 is 0 Å². The lowest BCUT2D eigenvalue weighted by molar-refractivity contribution is -0.173. The van der Waals surface area contributed by atoms with Gasteiger partial charge in [0.15, 0.2) is 0 Å². The third-order valence-corrected chi connectivity index (χ3v) is 8.11. The van der Waals surface area contributed by atoms with Gasteiger partial charge in [0.05, 0.1) is 11.8 Å². The number of hydrogen-bond acceptors (Lipinski definition) is 6. The molecule has 0 aromatic heterocycles. The van der Waals surface area contributed by atoms with Crippen LogP contribution in [0.3, 0.4) is 0 Å². The first-order valence-electron chi connectivity index (χ1n) is 15.5. The topological polar surface area (TPSA) is 104 Å². The van der Waals surface area contributed by atoms with E-state index in [0.29, 0.717) is 11.1 Å². The van der Waals surface area contributed by atoms with Crippen molar-refractivity contribution in [1.82, 2.24) is 14.9 Å². The van der Waals surface area contributed by atoms with Crippen molar-refractivity contribution in [2.75, 3.05) is 0 Å². The molecule has 2 aliphatic rings. The Morgan fingerprint density at radius 2 is 1.48 bits per heavy atom. The molecule has 3 amide bonds. The molecule has 234 valence electrons. The second kappa shape index (κ2) is 14.5. The minimum Gasteiger partial charge on any atom is -0.457 e. The van der Waals surface area contributed by atoms with E-state index in [-0.39, 0.29) is 29.9 Å². The summed E-state index contributed by atoms with van der Waals surface area (Å²) in [5.41, 5.74) is 1.54. The van der Waals surface area contributed by atoms with E-state index in [0.717, 1.165) is 37.1 Å². The van der Waals surface area contributed by atoms with E-state index in [9.17, 15) is 24.0 Å². The number of rotatable bonds is 10. The monoisotopic (exact) mass is 601 g/mol. The largest absolute Gasteiger partial charge is 0.457 e. The molecule has 1 aliphatic carbocycles. The first kappa shape index (κ1) is 32.6. The van der Waals surface area contributed by atoms with Gasteiger partial charge in [-0.1, -0.05) is 93.8 Å². The normalized spacial score (nSPS) is 18.2. The zero-order chi connectivity index (χ0) is 32.0. The third kappa shape index (κ3) is 7.26. The Balaban J connectivity index is 1.89. The van der Waals surface area contributed by atoms with E-state index in [1.165, 1.54) is 11.9 Å². The van der Waals surface area contributed by atoms with E-state index in [2.05, 4.69) is 0 Å². The molecule has 1 heterocycles. The fourth-order valence-electron chi connectivity index (χ4n) is 6.06. The molecule has 1 aliphatic heterocycles. The number of Topliss-reactive ketones (excluding diaryl/α,β-unsaturated/α-hetero) is 1. The van der Waals surface area contributed by atoms with Gasteiger partial charge in [0.25, 0.3) is 11.7 Å². The molecule has 1 unspecified atom stereocenters. The predicted octanol–water partition coefficient (Wildman–Crippen LogP) is 5.16. The molecule has 0 saturated heterocycles. The Morgan fingerprint density at radius 3 is 2.02 bits per heavy atom. The number of ketones is 1. The lowest BCUT2D eigenvalue weighted by atomic mass is 9.87. The average molecular weight is 602 g/mol. The predicted molar refractivity (Wildman–Crippen MR) is 166 cm³/mol. The summed E-state index contributed by atoms with van der Waals surface area (Å²) in [4.78, 5) is 70.7. The van der Waals surface area contributed by atoms with Gasteiger partial charge in [0, 0.05) is 31.0 Å². The number of hydrazine groups is 1. The maximum Gasteiger partial charge on any atom is 0.377 e. The minimum absolute atomic E-state index is 0.0324. The number of nitrogens with zero attached hydrogens (tertiary/aromatic N) is 3. The Morgan fingerprint density at radius 1 is 0.886 bits per heavy atom. The Kier molecular flexibility index (Phi) is 10.7. The second-order valence-electron chi connectivity index (χ2n) is 12.2. The second-order valence-corrected chi connectivity index (χ2v) is 12.2. The van der Waals surface area contributed by atoms with Crippen molar-refractivity contribution in [1.29, 1.82) is 0 Å². The Bertz CT molecular complexity index is 1380. The summed E-state index contributed by atoms with van der Waals surface area (Å²) in [5.74, 6) is -3.79. The minimum atomic E-state index is -1.38. The molecular weight excluding hydrogens is 558 g/mol. The van der Waals surface area contributed by atoms with Crippen molar-refractivity contribution >= 4 is 35.2 Å². The van der Waals surface area contributed by atoms with E-state index in [1.54, 1.807) is 73.5 Å². The van der Waals surface area contributed by atoms with Gasteiger partial charge in [0.1, 0.15) is 12.1 Å². The fraction of sp³-hybridized carbons (Fsp3) is 0.457. The van der Waals surface area contributed by atoms with Gasteiger partial charge in [0.2, 0.25) is 11.8 Å². The van der Waals surface area contributed by atoms with Gasteiger partial charge in [-0.3, -0.25) is 19.2 Å². The highest BCUT2D eigenvalue weighted by Crippen LogP contribution is 2.36. The summed E-state index contributed by atoms with van der Waals surface area (Å²) in [6, 6.07) is 15.7. The SMILES string of the molecule is CC(=O)N([C@@H](Cc1ccccc1)C(=O)C(=O)OC(C)C)N1C(=O)C(C(C)C)N(C(=O)C2CCCCC2)C=C1c1ccccc1. The van der Waals surface area contributed by atoms with E-state index < -0.39 is 41.8 Å². The van der Waals surface area contributed by atoms with Crippen LogP contribution in [0.25, 0.3) is 5.70 Å². The molecule has 0 N–H and O–H groups in total. The number of carbonyl (C=O) groups is 5. The summed E-state index contributed by atoms with van der Waals surface area (Å²) >= 11 is 0. The number of benzene rings is 2. The van der Waals surface area contributed by atoms with Crippen molar-refractivity contribution in [3.05, 3.63) is 78.0 Å². The van der Waals surface area contributed by atoms with Crippen LogP contribution in [0.2, 0.25) is 0 Å². The van der Waals surface area contributed by atoms with Gasteiger partial charge >= 0.3 is 5.97 Å².